The van der Waals surface area contributed by atoms with E-state index in [9.17, 15) is 18.5 Å². The highest BCUT2D eigenvalue weighted by atomic mass is 32.2. The number of carbonyl (C=O) groups is 1. The Labute approximate surface area is 179 Å². The van der Waals surface area contributed by atoms with Crippen LogP contribution in [0.3, 0.4) is 0 Å². The minimum Gasteiger partial charge on any atom is -0.339 e. The molecule has 0 aromatic heterocycles. The van der Waals surface area contributed by atoms with Gasteiger partial charge in [0.1, 0.15) is 6.07 Å². The van der Waals surface area contributed by atoms with Crippen molar-refractivity contribution in [1.82, 2.24) is 19.4 Å². The second kappa shape index (κ2) is 9.88. The molecular formula is C21H31N5O3S. The van der Waals surface area contributed by atoms with Crippen molar-refractivity contribution in [3.8, 4) is 6.07 Å². The first-order chi connectivity index (χ1) is 14.3. The van der Waals surface area contributed by atoms with Gasteiger partial charge in [0.25, 0.3) is 0 Å². The number of hydrogen-bond acceptors (Lipinski definition) is 6. The summed E-state index contributed by atoms with van der Waals surface area (Å²) in [7, 11) is -3.74. The minimum absolute atomic E-state index is 0.0326. The number of piperazine rings is 1. The molecule has 1 N–H and O–H groups in total. The van der Waals surface area contributed by atoms with Crippen LogP contribution in [0.2, 0.25) is 0 Å². The molecule has 9 heteroatoms. The first-order valence-electron chi connectivity index (χ1n) is 10.6. The minimum atomic E-state index is -3.74. The molecule has 0 unspecified atom stereocenters. The van der Waals surface area contributed by atoms with Gasteiger partial charge in [-0.05, 0) is 25.0 Å². The first kappa shape index (κ1) is 22.7. The molecule has 0 atom stereocenters. The van der Waals surface area contributed by atoms with Crippen molar-refractivity contribution in [2.75, 3.05) is 45.8 Å². The predicted molar refractivity (Wildman–Crippen MR) is 114 cm³/mol. The third-order valence-electron chi connectivity index (χ3n) is 5.73. The summed E-state index contributed by atoms with van der Waals surface area (Å²) in [6, 6.07) is 9.16. The van der Waals surface area contributed by atoms with Gasteiger partial charge in [-0.2, -0.15) is 9.57 Å². The topological polar surface area (TPSA) is 96.8 Å². The summed E-state index contributed by atoms with van der Waals surface area (Å²) in [5.74, 6) is 0.0553. The Balaban J connectivity index is 1.51. The number of sulfonamides is 1. The first-order valence-corrected chi connectivity index (χ1v) is 12.0. The fourth-order valence-corrected chi connectivity index (χ4v) is 5.69. The lowest BCUT2D eigenvalue weighted by Gasteiger charge is -2.37. The smallest absolute Gasteiger partial charge is 0.244 e. The van der Waals surface area contributed by atoms with Crippen molar-refractivity contribution in [2.24, 2.45) is 0 Å². The molecule has 0 saturated carbocycles. The Morgan fingerprint density at radius 2 is 1.77 bits per heavy atom. The Bertz CT molecular complexity index is 880. The molecule has 2 heterocycles. The highest BCUT2D eigenvalue weighted by molar-refractivity contribution is 7.89. The zero-order chi connectivity index (χ0) is 21.7. The van der Waals surface area contributed by atoms with Crippen LogP contribution in [0.1, 0.15) is 32.3 Å². The van der Waals surface area contributed by atoms with E-state index in [-0.39, 0.29) is 29.5 Å². The van der Waals surface area contributed by atoms with Crippen LogP contribution in [-0.4, -0.2) is 86.3 Å². The normalized spacial score (nSPS) is 19.7. The van der Waals surface area contributed by atoms with E-state index in [2.05, 4.69) is 24.1 Å². The Morgan fingerprint density at radius 1 is 1.13 bits per heavy atom. The third-order valence-corrected chi connectivity index (χ3v) is 7.69. The molecule has 0 spiro atoms. The van der Waals surface area contributed by atoms with Crippen LogP contribution in [0.15, 0.2) is 29.2 Å². The maximum absolute atomic E-state index is 12.9. The Morgan fingerprint density at radius 3 is 2.37 bits per heavy atom. The summed E-state index contributed by atoms with van der Waals surface area (Å²) >= 11 is 0. The maximum Gasteiger partial charge on any atom is 0.244 e. The number of nitrogens with one attached hydrogen (secondary N) is 1. The van der Waals surface area contributed by atoms with Gasteiger partial charge < -0.3 is 10.2 Å². The second-order valence-electron chi connectivity index (χ2n) is 8.26. The van der Waals surface area contributed by atoms with Gasteiger partial charge in [0.2, 0.25) is 15.9 Å². The van der Waals surface area contributed by atoms with E-state index >= 15 is 0 Å². The van der Waals surface area contributed by atoms with Crippen LogP contribution in [0, 0.1) is 11.3 Å². The van der Waals surface area contributed by atoms with E-state index in [1.165, 1.54) is 16.4 Å². The van der Waals surface area contributed by atoms with Crippen molar-refractivity contribution in [3.63, 3.8) is 0 Å². The quantitative estimate of drug-likeness (QED) is 0.715. The number of carbonyl (C=O) groups excluding carboxylic acids is 1. The lowest BCUT2D eigenvalue weighted by atomic mass is 10.0. The molecule has 1 aromatic rings. The number of hydrogen-bond donors (Lipinski definition) is 1. The summed E-state index contributed by atoms with van der Waals surface area (Å²) in [5.41, 5.74) is 0.145. The largest absolute Gasteiger partial charge is 0.339 e. The predicted octanol–water partition coefficient (Wildman–Crippen LogP) is 0.854. The highest BCUT2D eigenvalue weighted by Gasteiger charge is 2.32. The molecule has 1 aromatic carbocycles. The molecule has 2 aliphatic heterocycles. The van der Waals surface area contributed by atoms with Crippen molar-refractivity contribution in [1.29, 1.82) is 5.26 Å². The van der Waals surface area contributed by atoms with Gasteiger partial charge in [0.15, 0.2) is 0 Å². The Kier molecular flexibility index (Phi) is 7.47. The number of benzene rings is 1. The van der Waals surface area contributed by atoms with Crippen LogP contribution < -0.4 is 5.32 Å². The highest BCUT2D eigenvalue weighted by Crippen LogP contribution is 2.21. The van der Waals surface area contributed by atoms with E-state index < -0.39 is 10.0 Å². The SMILES string of the molecule is CC(C)NC1CCN(CC(=O)N2CCN(S(=O)(=O)c3ccccc3C#N)CC2)CC1. The van der Waals surface area contributed by atoms with E-state index in [1.54, 1.807) is 17.0 Å². The molecule has 30 heavy (non-hydrogen) atoms. The summed E-state index contributed by atoms with van der Waals surface area (Å²) in [4.78, 5) is 16.7. The zero-order valence-electron chi connectivity index (χ0n) is 17.7. The van der Waals surface area contributed by atoms with Crippen LogP contribution in [-0.2, 0) is 14.8 Å². The average Bonchev–Trinajstić information content (AvgIpc) is 2.74. The standard InChI is InChI=1S/C21H31N5O3S/c1-17(2)23-19-7-9-24(10-8-19)16-21(27)25-11-13-26(14-12-25)30(28,29)20-6-4-3-5-18(20)15-22/h3-6,17,19,23H,7-14,16H2,1-2H3. The van der Waals surface area contributed by atoms with Gasteiger partial charge >= 0.3 is 0 Å². The van der Waals surface area contributed by atoms with E-state index in [1.807, 2.05) is 6.07 Å². The van der Waals surface area contributed by atoms with E-state index in [4.69, 9.17) is 0 Å². The molecule has 2 aliphatic rings. The molecule has 164 valence electrons. The number of piperidine rings is 1. The van der Waals surface area contributed by atoms with Crippen molar-refractivity contribution in [3.05, 3.63) is 29.8 Å². The molecule has 1 amide bonds. The van der Waals surface area contributed by atoms with E-state index in [0.717, 1.165) is 25.9 Å². The molecule has 2 fully saturated rings. The number of likely N-dealkylation sites (tertiary alicyclic amines) is 1. The van der Waals surface area contributed by atoms with Crippen molar-refractivity contribution >= 4 is 15.9 Å². The van der Waals surface area contributed by atoms with Crippen molar-refractivity contribution < 1.29 is 13.2 Å². The van der Waals surface area contributed by atoms with Gasteiger partial charge in [-0.3, -0.25) is 9.69 Å². The molecule has 2 saturated heterocycles. The van der Waals surface area contributed by atoms with Gasteiger partial charge in [-0.15, -0.1) is 0 Å². The summed E-state index contributed by atoms with van der Waals surface area (Å²) in [6.45, 7) is 7.71. The van der Waals surface area contributed by atoms with Gasteiger partial charge in [0.05, 0.1) is 17.0 Å². The average molecular weight is 434 g/mol. The van der Waals surface area contributed by atoms with Crippen LogP contribution in [0.5, 0.6) is 0 Å². The number of rotatable bonds is 6. The molecule has 0 aliphatic carbocycles. The number of amides is 1. The fourth-order valence-electron chi connectivity index (χ4n) is 4.12. The summed E-state index contributed by atoms with van der Waals surface area (Å²) < 4.78 is 27.2. The second-order valence-corrected chi connectivity index (χ2v) is 10.2. The van der Waals surface area contributed by atoms with Crippen LogP contribution in [0.4, 0.5) is 0 Å². The van der Waals surface area contributed by atoms with Crippen molar-refractivity contribution in [2.45, 2.75) is 43.7 Å². The van der Waals surface area contributed by atoms with Crippen LogP contribution in [0.25, 0.3) is 0 Å². The Hall–Kier alpha value is -1.99. The maximum atomic E-state index is 12.9. The lowest BCUT2D eigenvalue weighted by molar-refractivity contribution is -0.133. The molecular weight excluding hydrogens is 402 g/mol. The van der Waals surface area contributed by atoms with Crippen LogP contribution >= 0.6 is 0 Å². The molecule has 8 nitrogen and oxygen atoms in total. The van der Waals surface area contributed by atoms with Gasteiger partial charge in [-0.1, -0.05) is 26.0 Å². The monoisotopic (exact) mass is 433 g/mol. The fraction of sp³-hybridized carbons (Fsp3) is 0.619. The lowest BCUT2D eigenvalue weighted by Crippen LogP contribution is -2.53. The number of nitriles is 1. The van der Waals surface area contributed by atoms with E-state index in [0.29, 0.717) is 31.7 Å². The number of nitrogens with zero attached hydrogens (tertiary/aromatic N) is 4. The zero-order valence-corrected chi connectivity index (χ0v) is 18.6. The molecule has 0 bridgehead atoms. The summed E-state index contributed by atoms with van der Waals surface area (Å²) in [5, 5.41) is 12.8. The molecule has 0 radical (unpaired) electrons. The van der Waals surface area contributed by atoms with Gasteiger partial charge in [-0.25, -0.2) is 8.42 Å². The molecule has 3 rings (SSSR count). The third kappa shape index (κ3) is 5.38. The summed E-state index contributed by atoms with van der Waals surface area (Å²) in [6.07, 6.45) is 2.07. The van der Waals surface area contributed by atoms with Gasteiger partial charge in [0, 0.05) is 51.4 Å².